The summed E-state index contributed by atoms with van der Waals surface area (Å²) in [7, 11) is 0. The molecule has 0 heterocycles. The van der Waals surface area contributed by atoms with Crippen LogP contribution in [0, 0.1) is 29.4 Å². The Morgan fingerprint density at radius 1 is 1.08 bits per heavy atom. The van der Waals surface area contributed by atoms with Gasteiger partial charge >= 0.3 is 0 Å². The van der Waals surface area contributed by atoms with Gasteiger partial charge in [0.25, 0.3) is 0 Å². The van der Waals surface area contributed by atoms with Crippen molar-refractivity contribution in [3.63, 3.8) is 0 Å². The summed E-state index contributed by atoms with van der Waals surface area (Å²) in [4.78, 5) is 38.5. The molecule has 0 saturated heterocycles. The van der Waals surface area contributed by atoms with Crippen LogP contribution in [-0.4, -0.2) is 60.8 Å². The molecule has 3 aliphatic carbocycles. The number of amides is 1. The maximum Gasteiger partial charge on any atom is 0.230 e. The topological polar surface area (TPSA) is 178 Å². The second-order valence-corrected chi connectivity index (χ2v) is 9.48. The third-order valence-electron chi connectivity index (χ3n) is 7.43. The Kier molecular flexibility index (Phi) is 5.55. The highest BCUT2D eigenvalue weighted by Gasteiger charge is 2.65. The molecule has 0 bridgehead atoms. The number of hydrogen-bond acceptors (Lipinski definition) is 8. The monoisotopic (exact) mass is 513 g/mol. The predicted molar refractivity (Wildman–Crippen MR) is 123 cm³/mol. The number of carbonyl (C=O) groups excluding carboxylic acids is 3. The number of halogens is 2. The van der Waals surface area contributed by atoms with Crippen LogP contribution in [0.1, 0.15) is 27.9 Å². The zero-order valence-electron chi connectivity index (χ0n) is 18.9. The molecular formula is C26H21F2NO8. The van der Waals surface area contributed by atoms with Crippen molar-refractivity contribution in [1.29, 1.82) is 0 Å². The molecule has 0 spiro atoms. The molecule has 6 atom stereocenters. The number of rotatable bonds is 2. The van der Waals surface area contributed by atoms with Crippen molar-refractivity contribution in [3.8, 4) is 5.75 Å². The summed E-state index contributed by atoms with van der Waals surface area (Å²) in [5.41, 5.74) is 1.40. The molecule has 2 aromatic carbocycles. The molecule has 0 aliphatic heterocycles. The Morgan fingerprint density at radius 3 is 2.35 bits per heavy atom. The number of aliphatic hydroxyl groups excluding tert-OH is 3. The lowest BCUT2D eigenvalue weighted by molar-refractivity contribution is -0.177. The number of phenolic OH excluding ortho intramolecular Hbond substituents is 1. The Bertz CT molecular complexity index is 1430. The summed E-state index contributed by atoms with van der Waals surface area (Å²) in [5.74, 6) is -12.1. The van der Waals surface area contributed by atoms with Gasteiger partial charge < -0.3 is 31.3 Å². The van der Waals surface area contributed by atoms with Gasteiger partial charge in [0.15, 0.2) is 17.2 Å². The van der Waals surface area contributed by atoms with E-state index in [2.05, 4.69) is 0 Å². The molecule has 192 valence electrons. The number of phenols is 1. The first-order valence-electron chi connectivity index (χ1n) is 11.3. The molecular weight excluding hydrogens is 492 g/mol. The number of carbonyl (C=O) groups is 3. The van der Waals surface area contributed by atoms with E-state index in [1.54, 1.807) is 0 Å². The largest absolute Gasteiger partial charge is 0.508 e. The summed E-state index contributed by atoms with van der Waals surface area (Å²) >= 11 is 0. The van der Waals surface area contributed by atoms with Crippen molar-refractivity contribution >= 4 is 29.1 Å². The molecule has 11 heteroatoms. The number of hydrogen-bond donors (Lipinski definition) is 6. The zero-order chi connectivity index (χ0) is 27.0. The lowest BCUT2D eigenvalue weighted by Crippen LogP contribution is -2.66. The number of benzene rings is 2. The zero-order valence-corrected chi connectivity index (χ0v) is 18.9. The van der Waals surface area contributed by atoms with Gasteiger partial charge in [-0.15, -0.1) is 0 Å². The first-order chi connectivity index (χ1) is 17.4. The number of nitrogens with two attached hydrogens (primary N) is 1. The smallest absolute Gasteiger partial charge is 0.230 e. The maximum absolute atomic E-state index is 13.9. The van der Waals surface area contributed by atoms with Gasteiger partial charge in [0.2, 0.25) is 5.91 Å². The first-order valence-corrected chi connectivity index (χ1v) is 11.3. The van der Waals surface area contributed by atoms with E-state index in [0.29, 0.717) is 6.07 Å². The van der Waals surface area contributed by atoms with E-state index in [1.165, 1.54) is 24.3 Å². The summed E-state index contributed by atoms with van der Waals surface area (Å²) in [6, 6.07) is 6.59. The van der Waals surface area contributed by atoms with Crippen molar-refractivity contribution in [3.05, 3.63) is 76.1 Å². The minimum Gasteiger partial charge on any atom is -0.508 e. The highest BCUT2D eigenvalue weighted by Crippen LogP contribution is 2.55. The molecule has 1 amide bonds. The normalized spacial score (nSPS) is 32.1. The summed E-state index contributed by atoms with van der Waals surface area (Å²) in [6.45, 7) is 0. The highest BCUT2D eigenvalue weighted by atomic mass is 19.1. The quantitative estimate of drug-likeness (QED) is 0.322. The van der Waals surface area contributed by atoms with Gasteiger partial charge in [-0.25, -0.2) is 8.78 Å². The number of Topliss-reactive ketones (excluding diaryl/α,β-unsaturated/α-hetero) is 2. The lowest BCUT2D eigenvalue weighted by atomic mass is 9.55. The lowest BCUT2D eigenvalue weighted by Gasteiger charge is -2.51. The molecule has 37 heavy (non-hydrogen) atoms. The SMILES string of the molecule is NC(=O)C1C(=O)[C@@]2(O)C(O)=C3C(=O)c4c(O)cccc4/C(=C\c4cc(F)cc(F)c4)[C@H]3[C@H](O)[C@H]2CC1O. The molecule has 0 radical (unpaired) electrons. The van der Waals surface area contributed by atoms with Crippen molar-refractivity contribution in [2.45, 2.75) is 24.2 Å². The first kappa shape index (κ1) is 24.8. The van der Waals surface area contributed by atoms with Gasteiger partial charge in [0.1, 0.15) is 29.1 Å². The molecule has 1 fully saturated rings. The van der Waals surface area contributed by atoms with E-state index in [9.17, 15) is 48.7 Å². The Morgan fingerprint density at radius 2 is 1.73 bits per heavy atom. The van der Waals surface area contributed by atoms with Gasteiger partial charge in [0, 0.05) is 17.9 Å². The number of fused-ring (bicyclic) bond motifs is 3. The van der Waals surface area contributed by atoms with Crippen LogP contribution in [0.5, 0.6) is 5.75 Å². The number of primary amides is 1. The average Bonchev–Trinajstić information content (AvgIpc) is 2.80. The fourth-order valence-corrected chi connectivity index (χ4v) is 5.83. The minimum atomic E-state index is -2.95. The fraction of sp³-hybridized carbons (Fsp3) is 0.269. The van der Waals surface area contributed by atoms with Crippen molar-refractivity contribution in [2.75, 3.05) is 0 Å². The van der Waals surface area contributed by atoms with Crippen LogP contribution < -0.4 is 5.73 Å². The van der Waals surface area contributed by atoms with Crippen LogP contribution in [0.2, 0.25) is 0 Å². The van der Waals surface area contributed by atoms with Gasteiger partial charge in [-0.1, -0.05) is 18.2 Å². The maximum atomic E-state index is 13.9. The summed E-state index contributed by atoms with van der Waals surface area (Å²) in [6.07, 6.45) is -2.80. The third-order valence-corrected chi connectivity index (χ3v) is 7.43. The Balaban J connectivity index is 1.82. The average molecular weight is 513 g/mol. The molecule has 2 aromatic rings. The van der Waals surface area contributed by atoms with Crippen LogP contribution in [0.4, 0.5) is 8.78 Å². The minimum absolute atomic E-state index is 0.0171. The van der Waals surface area contributed by atoms with Crippen LogP contribution >= 0.6 is 0 Å². The van der Waals surface area contributed by atoms with Crippen LogP contribution in [-0.2, 0) is 9.59 Å². The van der Waals surface area contributed by atoms with E-state index in [-0.39, 0.29) is 22.3 Å². The van der Waals surface area contributed by atoms with Crippen LogP contribution in [0.25, 0.3) is 11.6 Å². The number of aliphatic hydroxyl groups is 4. The third kappa shape index (κ3) is 3.42. The molecule has 3 aliphatic rings. The predicted octanol–water partition coefficient (Wildman–Crippen LogP) is 0.993. The van der Waals surface area contributed by atoms with Gasteiger partial charge in [0.05, 0.1) is 23.3 Å². The number of aromatic hydroxyl groups is 1. The highest BCUT2D eigenvalue weighted by molar-refractivity contribution is 6.20. The van der Waals surface area contributed by atoms with Gasteiger partial charge in [-0.3, -0.25) is 14.4 Å². The molecule has 1 saturated carbocycles. The Labute approximate surface area is 207 Å². The second kappa shape index (κ2) is 8.30. The standard InChI is InChI=1S/C26H21F2NO8/c27-10-4-9(5-11(28)7-10)6-13-12-2-1-3-15(30)17(12)22(33)20-18(13)21(32)14-8-16(31)19(25(29)36)23(34)26(14,37)24(20)35/h1-7,14,16,18-19,21,30-32,35,37H,8H2,(H2,29,36)/b13-6+/t14-,16?,18-,19?,21-,26-/m1/s1. The van der Waals surface area contributed by atoms with E-state index in [4.69, 9.17) is 5.73 Å². The summed E-state index contributed by atoms with van der Waals surface area (Å²) < 4.78 is 27.9. The van der Waals surface area contributed by atoms with Crippen molar-refractivity contribution < 1.29 is 48.7 Å². The second-order valence-electron chi connectivity index (χ2n) is 9.48. The summed E-state index contributed by atoms with van der Waals surface area (Å²) in [5, 5.41) is 54.9. The van der Waals surface area contributed by atoms with Crippen LogP contribution in [0.15, 0.2) is 47.7 Å². The van der Waals surface area contributed by atoms with Crippen LogP contribution in [0.3, 0.4) is 0 Å². The van der Waals surface area contributed by atoms with Gasteiger partial charge in [-0.2, -0.15) is 0 Å². The number of ketones is 2. The molecule has 0 aromatic heterocycles. The van der Waals surface area contributed by atoms with Crippen molar-refractivity contribution in [1.82, 2.24) is 0 Å². The van der Waals surface area contributed by atoms with E-state index >= 15 is 0 Å². The van der Waals surface area contributed by atoms with Gasteiger partial charge in [-0.05, 0) is 41.3 Å². The molecule has 5 rings (SSSR count). The molecule has 7 N–H and O–H groups in total. The molecule has 9 nitrogen and oxygen atoms in total. The van der Waals surface area contributed by atoms with Crippen molar-refractivity contribution in [2.24, 2.45) is 23.5 Å². The van der Waals surface area contributed by atoms with E-state index in [1.807, 2.05) is 0 Å². The Hall–Kier alpha value is -3.93. The fourth-order valence-electron chi connectivity index (χ4n) is 5.83. The van der Waals surface area contributed by atoms with E-state index in [0.717, 1.165) is 12.1 Å². The van der Waals surface area contributed by atoms with E-state index < -0.39 is 88.2 Å². The molecule has 2 unspecified atom stereocenters.